The van der Waals surface area contributed by atoms with Crippen LogP contribution in [0.5, 0.6) is 5.75 Å². The van der Waals surface area contributed by atoms with Crippen molar-refractivity contribution in [1.82, 2.24) is 9.05 Å². The SMILES string of the molecule is COc1ccc2c(ccn2CCCCCCCCCOC(=O)Cc2ccc([N+](C)(C)C)cc2)c1. The molecule has 184 valence electrons. The van der Waals surface area contributed by atoms with Crippen molar-refractivity contribution < 1.29 is 14.3 Å². The molecule has 3 aromatic rings. The summed E-state index contributed by atoms with van der Waals surface area (Å²) in [6.45, 7) is 1.59. The summed E-state index contributed by atoms with van der Waals surface area (Å²) in [7, 11) is 8.10. The van der Waals surface area contributed by atoms with Crippen LogP contribution in [0.2, 0.25) is 0 Å². The van der Waals surface area contributed by atoms with Crippen LogP contribution in [0.3, 0.4) is 0 Å². The zero-order valence-corrected chi connectivity index (χ0v) is 21.4. The fourth-order valence-electron chi connectivity index (χ4n) is 4.23. The topological polar surface area (TPSA) is 40.5 Å². The number of aromatic nitrogens is 1. The van der Waals surface area contributed by atoms with E-state index in [0.29, 0.717) is 13.0 Å². The lowest BCUT2D eigenvalue weighted by molar-refractivity contribution is -0.142. The lowest BCUT2D eigenvalue weighted by Gasteiger charge is -2.23. The summed E-state index contributed by atoms with van der Waals surface area (Å²) >= 11 is 0. The third kappa shape index (κ3) is 7.91. The normalized spacial score (nSPS) is 11.6. The fraction of sp³-hybridized carbons (Fsp3) is 0.483. The van der Waals surface area contributed by atoms with Crippen molar-refractivity contribution in [3.05, 3.63) is 60.3 Å². The van der Waals surface area contributed by atoms with Gasteiger partial charge in [0, 0.05) is 23.6 Å². The van der Waals surface area contributed by atoms with Gasteiger partial charge in [0.15, 0.2) is 0 Å². The van der Waals surface area contributed by atoms with E-state index >= 15 is 0 Å². The van der Waals surface area contributed by atoms with E-state index in [9.17, 15) is 4.79 Å². The van der Waals surface area contributed by atoms with Gasteiger partial charge in [-0.15, -0.1) is 0 Å². The molecular formula is C29H41N2O3+. The standard InChI is InChI=1S/C29H41N2O3/c1-31(2,3)26-14-12-24(13-15-26)22-29(32)34-21-11-9-7-5-6-8-10-19-30-20-18-25-23-27(33-4)16-17-28(25)30/h12-18,20,23H,5-11,19,21-22H2,1-4H3/q+1. The fourth-order valence-corrected chi connectivity index (χ4v) is 4.23. The number of rotatable bonds is 14. The van der Waals surface area contributed by atoms with E-state index in [1.54, 1.807) is 7.11 Å². The molecule has 0 fully saturated rings. The summed E-state index contributed by atoms with van der Waals surface area (Å²) in [6, 6.07) is 16.6. The van der Waals surface area contributed by atoms with Crippen LogP contribution in [0.1, 0.15) is 50.5 Å². The first kappa shape index (κ1) is 25.8. The van der Waals surface area contributed by atoms with Crippen LogP contribution in [-0.2, 0) is 22.5 Å². The average Bonchev–Trinajstić information content (AvgIpc) is 3.22. The lowest BCUT2D eigenvalue weighted by Crippen LogP contribution is -2.34. The number of carbonyl (C=O) groups is 1. The Balaban J connectivity index is 1.20. The van der Waals surface area contributed by atoms with E-state index in [0.717, 1.165) is 35.2 Å². The van der Waals surface area contributed by atoms with Crippen LogP contribution in [-0.4, -0.2) is 45.4 Å². The first-order valence-corrected chi connectivity index (χ1v) is 12.6. The summed E-state index contributed by atoms with van der Waals surface area (Å²) in [5.74, 6) is 0.777. The van der Waals surface area contributed by atoms with Crippen LogP contribution in [0, 0.1) is 0 Å². The first-order valence-electron chi connectivity index (χ1n) is 12.6. The predicted molar refractivity (Wildman–Crippen MR) is 141 cm³/mol. The van der Waals surface area contributed by atoms with Crippen LogP contribution < -0.4 is 9.22 Å². The molecule has 1 heterocycles. The number of hydrogen-bond acceptors (Lipinski definition) is 3. The number of aryl methyl sites for hydroxylation is 1. The summed E-state index contributed by atoms with van der Waals surface area (Å²) < 4.78 is 13.8. The molecule has 0 aliphatic rings. The van der Waals surface area contributed by atoms with Gasteiger partial charge in [-0.2, -0.15) is 0 Å². The molecule has 0 amide bonds. The van der Waals surface area contributed by atoms with E-state index in [-0.39, 0.29) is 5.97 Å². The molecule has 0 spiro atoms. The number of unbranched alkanes of at least 4 members (excludes halogenated alkanes) is 6. The molecule has 1 aromatic heterocycles. The first-order chi connectivity index (χ1) is 16.4. The molecule has 0 aliphatic carbocycles. The molecule has 0 aliphatic heterocycles. The van der Waals surface area contributed by atoms with Crippen molar-refractivity contribution in [3.8, 4) is 5.75 Å². The number of fused-ring (bicyclic) bond motifs is 1. The van der Waals surface area contributed by atoms with Gasteiger partial charge in [0.25, 0.3) is 0 Å². The number of methoxy groups -OCH3 is 1. The summed E-state index contributed by atoms with van der Waals surface area (Å²) in [4.78, 5) is 12.1. The largest absolute Gasteiger partial charge is 0.497 e. The Morgan fingerprint density at radius 1 is 0.853 bits per heavy atom. The van der Waals surface area contributed by atoms with E-state index < -0.39 is 0 Å². The molecule has 0 saturated carbocycles. The van der Waals surface area contributed by atoms with Gasteiger partial charge < -0.3 is 14.0 Å². The van der Waals surface area contributed by atoms with Crippen molar-refractivity contribution in [2.45, 2.75) is 57.9 Å². The molecule has 0 N–H and O–H groups in total. The van der Waals surface area contributed by atoms with Crippen molar-refractivity contribution in [2.24, 2.45) is 0 Å². The lowest BCUT2D eigenvalue weighted by atomic mass is 10.1. The number of hydrogen-bond donors (Lipinski definition) is 0. The van der Waals surface area contributed by atoms with Gasteiger partial charge >= 0.3 is 5.97 Å². The van der Waals surface area contributed by atoms with Gasteiger partial charge in [-0.05, 0) is 54.8 Å². The second-order valence-corrected chi connectivity index (χ2v) is 9.98. The van der Waals surface area contributed by atoms with Crippen LogP contribution in [0.4, 0.5) is 5.69 Å². The minimum atomic E-state index is -0.131. The maximum Gasteiger partial charge on any atom is 0.310 e. The van der Waals surface area contributed by atoms with Gasteiger partial charge in [-0.3, -0.25) is 9.28 Å². The highest BCUT2D eigenvalue weighted by Crippen LogP contribution is 2.22. The van der Waals surface area contributed by atoms with Crippen LogP contribution >= 0.6 is 0 Å². The molecule has 0 bridgehead atoms. The second kappa shape index (κ2) is 12.6. The maximum absolute atomic E-state index is 12.1. The number of ether oxygens (including phenoxy) is 2. The van der Waals surface area contributed by atoms with E-state index in [1.807, 2.05) is 18.2 Å². The second-order valence-electron chi connectivity index (χ2n) is 9.98. The Morgan fingerprint density at radius 3 is 2.21 bits per heavy atom. The minimum absolute atomic E-state index is 0.131. The zero-order chi connectivity index (χ0) is 24.4. The van der Waals surface area contributed by atoms with Gasteiger partial charge in [-0.1, -0.05) is 44.2 Å². The highest BCUT2D eigenvalue weighted by Gasteiger charge is 2.12. The van der Waals surface area contributed by atoms with Gasteiger partial charge in [-0.25, -0.2) is 0 Å². The van der Waals surface area contributed by atoms with E-state index in [4.69, 9.17) is 9.47 Å². The number of quaternary nitrogens is 1. The number of nitrogens with zero attached hydrogens (tertiary/aromatic N) is 2. The molecule has 5 heteroatoms. The molecule has 0 unspecified atom stereocenters. The highest BCUT2D eigenvalue weighted by molar-refractivity contribution is 5.81. The summed E-state index contributed by atoms with van der Waals surface area (Å²) in [6.07, 6.45) is 10.7. The molecule has 34 heavy (non-hydrogen) atoms. The van der Waals surface area contributed by atoms with Crippen molar-refractivity contribution in [3.63, 3.8) is 0 Å². The summed E-state index contributed by atoms with van der Waals surface area (Å²) in [5.41, 5.74) is 3.50. The van der Waals surface area contributed by atoms with Crippen molar-refractivity contribution in [1.29, 1.82) is 0 Å². The average molecular weight is 466 g/mol. The van der Waals surface area contributed by atoms with Crippen LogP contribution in [0.15, 0.2) is 54.7 Å². The Bertz CT molecular complexity index is 1030. The Hall–Kier alpha value is -2.79. The number of carbonyl (C=O) groups excluding carboxylic acids is 1. The molecule has 0 radical (unpaired) electrons. The maximum atomic E-state index is 12.1. The minimum Gasteiger partial charge on any atom is -0.497 e. The smallest absolute Gasteiger partial charge is 0.310 e. The molecule has 0 atom stereocenters. The van der Waals surface area contributed by atoms with Gasteiger partial charge in [0.1, 0.15) is 11.4 Å². The van der Waals surface area contributed by atoms with E-state index in [2.05, 4.69) is 62.2 Å². The third-order valence-electron chi connectivity index (χ3n) is 6.34. The molecule has 2 aromatic carbocycles. The predicted octanol–water partition coefficient (Wildman–Crippen LogP) is 6.36. The quantitative estimate of drug-likeness (QED) is 0.158. The highest BCUT2D eigenvalue weighted by atomic mass is 16.5. The van der Waals surface area contributed by atoms with Gasteiger partial charge in [0.2, 0.25) is 0 Å². The summed E-state index contributed by atoms with van der Waals surface area (Å²) in [5, 5.41) is 1.23. The molecule has 5 nitrogen and oxygen atoms in total. The molecular weight excluding hydrogens is 424 g/mol. The van der Waals surface area contributed by atoms with Crippen LogP contribution in [0.25, 0.3) is 10.9 Å². The third-order valence-corrected chi connectivity index (χ3v) is 6.34. The Kier molecular flexibility index (Phi) is 9.58. The molecule has 3 rings (SSSR count). The number of esters is 1. The van der Waals surface area contributed by atoms with Gasteiger partial charge in [0.05, 0.1) is 41.3 Å². The molecule has 0 saturated heterocycles. The van der Waals surface area contributed by atoms with E-state index in [1.165, 1.54) is 48.7 Å². The zero-order valence-electron chi connectivity index (χ0n) is 21.4. The van der Waals surface area contributed by atoms with Crippen molar-refractivity contribution in [2.75, 3.05) is 34.9 Å². The van der Waals surface area contributed by atoms with Crippen molar-refractivity contribution >= 4 is 22.6 Å². The Labute approximate surface area is 204 Å². The number of benzene rings is 2. The monoisotopic (exact) mass is 465 g/mol. The Morgan fingerprint density at radius 2 is 1.53 bits per heavy atom.